The summed E-state index contributed by atoms with van der Waals surface area (Å²) < 4.78 is 50.2. The number of nitrogens with one attached hydrogen (secondary N) is 1. The number of benzene rings is 2. The Balaban J connectivity index is 1.82. The van der Waals surface area contributed by atoms with Crippen LogP contribution in [0.2, 0.25) is 0 Å². The van der Waals surface area contributed by atoms with Gasteiger partial charge >= 0.3 is 18.4 Å². The number of carbonyl (C=O) groups excluding carboxylic acids is 2. The van der Waals surface area contributed by atoms with E-state index in [0.717, 1.165) is 12.1 Å². The lowest BCUT2D eigenvalue weighted by atomic mass is 10.1. The highest BCUT2D eigenvalue weighted by atomic mass is 19.4. The summed E-state index contributed by atoms with van der Waals surface area (Å²) in [7, 11) is 0. The summed E-state index contributed by atoms with van der Waals surface area (Å²) in [5.74, 6) is 0.230. The van der Waals surface area contributed by atoms with Crippen molar-refractivity contribution in [1.82, 2.24) is 4.57 Å². The van der Waals surface area contributed by atoms with Crippen LogP contribution in [0.4, 0.5) is 28.4 Å². The standard InChI is InChI=1S/C26H29F3N2O6/c1-24(2,3)35-22(32)30-20-14-31(23(33)36-25(4,5)6)21-12-11-18(13-19(20)21)37-34-15-16-7-9-17(10-8-16)26(27,28)29/h7-14H,15H2,1-6H3,(H,30,32). The summed E-state index contributed by atoms with van der Waals surface area (Å²) in [5.41, 5.74) is -1.09. The van der Waals surface area contributed by atoms with E-state index in [1.807, 2.05) is 0 Å². The van der Waals surface area contributed by atoms with Crippen LogP contribution in [0, 0.1) is 0 Å². The zero-order valence-electron chi connectivity index (χ0n) is 21.4. The minimum absolute atomic E-state index is 0.113. The number of amides is 1. The fourth-order valence-corrected chi connectivity index (χ4v) is 3.19. The van der Waals surface area contributed by atoms with Crippen LogP contribution in [0.1, 0.15) is 52.7 Å². The van der Waals surface area contributed by atoms with Crippen molar-refractivity contribution in [3.8, 4) is 5.75 Å². The molecule has 0 bridgehead atoms. The van der Waals surface area contributed by atoms with E-state index in [4.69, 9.17) is 19.2 Å². The number of fused-ring (bicyclic) bond motifs is 1. The van der Waals surface area contributed by atoms with Gasteiger partial charge in [0.1, 0.15) is 17.8 Å². The van der Waals surface area contributed by atoms with Gasteiger partial charge < -0.3 is 14.4 Å². The highest BCUT2D eigenvalue weighted by Crippen LogP contribution is 2.32. The van der Waals surface area contributed by atoms with E-state index in [-0.39, 0.29) is 18.0 Å². The van der Waals surface area contributed by atoms with E-state index in [1.54, 1.807) is 47.6 Å². The van der Waals surface area contributed by atoms with Gasteiger partial charge in [0.05, 0.1) is 16.8 Å². The lowest BCUT2D eigenvalue weighted by molar-refractivity contribution is -0.217. The maximum atomic E-state index is 12.8. The monoisotopic (exact) mass is 522 g/mol. The summed E-state index contributed by atoms with van der Waals surface area (Å²) in [6.07, 6.45) is -4.38. The molecule has 0 fully saturated rings. The van der Waals surface area contributed by atoms with E-state index >= 15 is 0 Å². The number of hydrogen-bond donors (Lipinski definition) is 1. The van der Waals surface area contributed by atoms with Gasteiger partial charge in [-0.05, 0) is 77.4 Å². The molecule has 1 amide bonds. The molecule has 11 heteroatoms. The van der Waals surface area contributed by atoms with Crippen molar-refractivity contribution in [2.75, 3.05) is 5.32 Å². The molecule has 3 aromatic rings. The van der Waals surface area contributed by atoms with Gasteiger partial charge in [0.25, 0.3) is 0 Å². The highest BCUT2D eigenvalue weighted by molar-refractivity contribution is 6.03. The first-order chi connectivity index (χ1) is 17.0. The molecule has 0 radical (unpaired) electrons. The molecule has 0 saturated heterocycles. The maximum Gasteiger partial charge on any atom is 0.419 e. The van der Waals surface area contributed by atoms with Crippen LogP contribution >= 0.6 is 0 Å². The molecule has 37 heavy (non-hydrogen) atoms. The van der Waals surface area contributed by atoms with Crippen LogP contribution in [0.3, 0.4) is 0 Å². The molecule has 8 nitrogen and oxygen atoms in total. The number of nitrogens with zero attached hydrogens (tertiary/aromatic N) is 1. The Morgan fingerprint density at radius 2 is 1.51 bits per heavy atom. The molecule has 1 aromatic heterocycles. The van der Waals surface area contributed by atoms with Crippen molar-refractivity contribution in [3.05, 3.63) is 59.8 Å². The molecule has 3 rings (SSSR count). The van der Waals surface area contributed by atoms with Crippen molar-refractivity contribution in [1.29, 1.82) is 0 Å². The second-order valence-corrected chi connectivity index (χ2v) is 10.2. The van der Waals surface area contributed by atoms with E-state index in [1.165, 1.54) is 35.0 Å². The smallest absolute Gasteiger partial charge is 0.419 e. The quantitative estimate of drug-likeness (QED) is 0.279. The van der Waals surface area contributed by atoms with Gasteiger partial charge in [-0.3, -0.25) is 9.88 Å². The molecule has 0 aliphatic heterocycles. The Morgan fingerprint density at radius 1 is 0.892 bits per heavy atom. The van der Waals surface area contributed by atoms with Crippen molar-refractivity contribution in [2.24, 2.45) is 0 Å². The summed E-state index contributed by atoms with van der Waals surface area (Å²) >= 11 is 0. The van der Waals surface area contributed by atoms with Crippen LogP contribution in [0.25, 0.3) is 10.9 Å². The number of alkyl halides is 3. The average Bonchev–Trinajstić information content (AvgIpc) is 3.09. The summed E-state index contributed by atoms with van der Waals surface area (Å²) in [6, 6.07) is 9.15. The highest BCUT2D eigenvalue weighted by Gasteiger charge is 2.30. The molecule has 0 spiro atoms. The maximum absolute atomic E-state index is 12.8. The van der Waals surface area contributed by atoms with E-state index < -0.39 is 35.1 Å². The molecular formula is C26H29F3N2O6. The number of aromatic nitrogens is 1. The third-order valence-electron chi connectivity index (χ3n) is 4.66. The molecule has 0 saturated carbocycles. The second kappa shape index (κ2) is 10.3. The third-order valence-corrected chi connectivity index (χ3v) is 4.66. The van der Waals surface area contributed by atoms with Crippen molar-refractivity contribution >= 4 is 28.8 Å². The summed E-state index contributed by atoms with van der Waals surface area (Å²) in [6.45, 7) is 10.2. The normalized spacial score (nSPS) is 12.4. The molecular weight excluding hydrogens is 493 g/mol. The Morgan fingerprint density at radius 3 is 2.08 bits per heavy atom. The van der Waals surface area contributed by atoms with Crippen LogP contribution < -0.4 is 10.2 Å². The molecule has 2 aromatic carbocycles. The Hall–Kier alpha value is -3.73. The number of ether oxygens (including phenoxy) is 2. The van der Waals surface area contributed by atoms with Gasteiger partial charge in [0.15, 0.2) is 5.75 Å². The molecule has 200 valence electrons. The lowest BCUT2D eigenvalue weighted by Gasteiger charge is -2.20. The van der Waals surface area contributed by atoms with Gasteiger partial charge in [-0.25, -0.2) is 9.59 Å². The Kier molecular flexibility index (Phi) is 7.78. The summed E-state index contributed by atoms with van der Waals surface area (Å²) in [5, 5.41) is 3.07. The van der Waals surface area contributed by atoms with Crippen LogP contribution in [0.15, 0.2) is 48.7 Å². The molecule has 0 aliphatic rings. The summed E-state index contributed by atoms with van der Waals surface area (Å²) in [4.78, 5) is 35.7. The fourth-order valence-electron chi connectivity index (χ4n) is 3.19. The molecule has 1 heterocycles. The van der Waals surface area contributed by atoms with E-state index in [0.29, 0.717) is 16.5 Å². The van der Waals surface area contributed by atoms with Crippen molar-refractivity contribution in [2.45, 2.75) is 65.5 Å². The van der Waals surface area contributed by atoms with Gasteiger partial charge in [0.2, 0.25) is 0 Å². The molecule has 1 N–H and O–H groups in total. The first-order valence-electron chi connectivity index (χ1n) is 11.4. The van der Waals surface area contributed by atoms with E-state index in [9.17, 15) is 22.8 Å². The first kappa shape index (κ1) is 27.9. The van der Waals surface area contributed by atoms with Crippen LogP contribution in [-0.4, -0.2) is 28.0 Å². The molecule has 0 aliphatic carbocycles. The van der Waals surface area contributed by atoms with Crippen molar-refractivity contribution < 1.29 is 42.0 Å². The van der Waals surface area contributed by atoms with Gasteiger partial charge in [-0.1, -0.05) is 12.1 Å². The minimum Gasteiger partial charge on any atom is -0.444 e. The third kappa shape index (κ3) is 7.88. The zero-order valence-corrected chi connectivity index (χ0v) is 21.4. The number of rotatable bonds is 5. The lowest BCUT2D eigenvalue weighted by Crippen LogP contribution is -2.27. The van der Waals surface area contributed by atoms with Crippen LogP contribution in [-0.2, 0) is 27.1 Å². The Labute approximate surface area is 212 Å². The SMILES string of the molecule is CC(C)(C)OC(=O)Nc1cn(C(=O)OC(C)(C)C)c2ccc(OOCc3ccc(C(F)(F)F)cc3)cc12. The molecule has 0 atom stereocenters. The Bertz CT molecular complexity index is 1270. The van der Waals surface area contributed by atoms with Crippen LogP contribution in [0.5, 0.6) is 5.75 Å². The van der Waals surface area contributed by atoms with E-state index in [2.05, 4.69) is 5.32 Å². The number of anilines is 1. The number of hydrogen-bond acceptors (Lipinski definition) is 6. The van der Waals surface area contributed by atoms with Gasteiger partial charge in [0, 0.05) is 11.6 Å². The number of carbonyl (C=O) groups is 2. The largest absolute Gasteiger partial charge is 0.444 e. The molecule has 0 unspecified atom stereocenters. The van der Waals surface area contributed by atoms with Crippen molar-refractivity contribution in [3.63, 3.8) is 0 Å². The first-order valence-corrected chi connectivity index (χ1v) is 11.4. The predicted molar refractivity (Wildman–Crippen MR) is 130 cm³/mol. The van der Waals surface area contributed by atoms with Gasteiger partial charge in [-0.15, -0.1) is 0 Å². The topological polar surface area (TPSA) is 88.0 Å². The number of halogens is 3. The second-order valence-electron chi connectivity index (χ2n) is 10.2. The minimum atomic E-state index is -4.42. The fraction of sp³-hybridized carbons (Fsp3) is 0.385. The van der Waals surface area contributed by atoms with Gasteiger partial charge in [-0.2, -0.15) is 18.1 Å². The average molecular weight is 523 g/mol. The predicted octanol–water partition coefficient (Wildman–Crippen LogP) is 7.30. The zero-order chi connectivity index (χ0) is 27.6.